The van der Waals surface area contributed by atoms with E-state index in [1.807, 2.05) is 68.5 Å². The molecule has 2 saturated heterocycles. The van der Waals surface area contributed by atoms with E-state index in [-0.39, 0.29) is 30.4 Å². The molecule has 0 aromatic heterocycles. The van der Waals surface area contributed by atoms with Crippen molar-refractivity contribution in [3.05, 3.63) is 60.2 Å². The van der Waals surface area contributed by atoms with E-state index in [1.165, 1.54) is 4.90 Å². The van der Waals surface area contributed by atoms with E-state index in [4.69, 9.17) is 4.74 Å². The summed E-state index contributed by atoms with van der Waals surface area (Å²) in [7, 11) is 0. The van der Waals surface area contributed by atoms with E-state index in [9.17, 15) is 19.5 Å². The van der Waals surface area contributed by atoms with Gasteiger partial charge in [-0.15, -0.1) is 0 Å². The molecule has 3 amide bonds. The van der Waals surface area contributed by atoms with E-state index < -0.39 is 35.6 Å². The smallest absolute Gasteiger partial charge is 0.249 e. The molecule has 1 aromatic carbocycles. The van der Waals surface area contributed by atoms with Crippen molar-refractivity contribution in [2.24, 2.45) is 11.8 Å². The van der Waals surface area contributed by atoms with Crippen LogP contribution in [0, 0.1) is 11.8 Å². The summed E-state index contributed by atoms with van der Waals surface area (Å²) in [4.78, 5) is 46.7. The normalized spacial score (nSPS) is 33.1. The van der Waals surface area contributed by atoms with E-state index in [2.05, 4.69) is 0 Å². The number of hydrogen-bond acceptors (Lipinski definition) is 5. The van der Waals surface area contributed by atoms with E-state index in [0.29, 0.717) is 19.6 Å². The lowest BCUT2D eigenvalue weighted by atomic mass is 9.77. The molecule has 8 heteroatoms. The van der Waals surface area contributed by atoms with E-state index in [0.717, 1.165) is 5.56 Å². The molecule has 4 aliphatic heterocycles. The van der Waals surface area contributed by atoms with Gasteiger partial charge in [0.25, 0.3) is 0 Å². The van der Waals surface area contributed by atoms with Gasteiger partial charge in [-0.25, -0.2) is 0 Å². The van der Waals surface area contributed by atoms with Gasteiger partial charge < -0.3 is 24.5 Å². The summed E-state index contributed by atoms with van der Waals surface area (Å²) in [5, 5.41) is 9.97. The maximum atomic E-state index is 14.0. The molecule has 6 atom stereocenters. The standard InChI is InChI=1S/C27H33N3O5/c1-17(2)29-14-8-12-27-22(25(33)30(18(3)16-31)23(27)26(29)34)21-20(35-27)11-7-13-28(24(21)32)15-19-9-5-4-6-10-19/h4-12,17-18,20-23,31H,13-16H2,1-3H3/t18-,20+,21-,22+,23?,27+/m1/s1. The SMILES string of the molecule is CC(C)N1CC=C[C@]23O[C@H]4C=CCN(Cc5ccccc5)C(=O)[C@H]4[C@H]2C(=O)N([C@H](C)CO)C3C1=O. The first-order valence-electron chi connectivity index (χ1n) is 12.4. The first-order chi connectivity index (χ1) is 16.8. The average molecular weight is 480 g/mol. The molecule has 5 rings (SSSR count). The number of carbonyl (C=O) groups is 3. The Bertz CT molecular complexity index is 1070. The van der Waals surface area contributed by atoms with Crippen LogP contribution < -0.4 is 0 Å². The number of aliphatic hydroxyl groups is 1. The Morgan fingerprint density at radius 3 is 2.46 bits per heavy atom. The van der Waals surface area contributed by atoms with Gasteiger partial charge in [0, 0.05) is 25.7 Å². The predicted octanol–water partition coefficient (Wildman–Crippen LogP) is 1.35. The Hall–Kier alpha value is -2.97. The molecule has 0 radical (unpaired) electrons. The van der Waals surface area contributed by atoms with Crippen LogP contribution in [-0.2, 0) is 25.7 Å². The molecule has 1 N–H and O–H groups in total. The van der Waals surface area contributed by atoms with Crippen LogP contribution in [0.3, 0.4) is 0 Å². The van der Waals surface area contributed by atoms with Crippen molar-refractivity contribution in [2.45, 2.75) is 57.1 Å². The monoisotopic (exact) mass is 479 g/mol. The van der Waals surface area contributed by atoms with E-state index >= 15 is 0 Å². The van der Waals surface area contributed by atoms with Crippen LogP contribution in [0.25, 0.3) is 0 Å². The van der Waals surface area contributed by atoms with Crippen LogP contribution in [0.5, 0.6) is 0 Å². The van der Waals surface area contributed by atoms with Crippen LogP contribution in [0.2, 0.25) is 0 Å². The third-order valence-corrected chi connectivity index (χ3v) is 7.79. The molecule has 4 aliphatic rings. The van der Waals surface area contributed by atoms with Crippen LogP contribution in [0.4, 0.5) is 0 Å². The highest BCUT2D eigenvalue weighted by molar-refractivity contribution is 6.00. The zero-order chi connectivity index (χ0) is 24.9. The Morgan fingerprint density at radius 1 is 1.03 bits per heavy atom. The highest BCUT2D eigenvalue weighted by Crippen LogP contribution is 2.54. The van der Waals surface area contributed by atoms with Crippen molar-refractivity contribution in [1.82, 2.24) is 14.7 Å². The second-order valence-electron chi connectivity index (χ2n) is 10.2. The Kier molecular flexibility index (Phi) is 6.05. The van der Waals surface area contributed by atoms with Gasteiger partial charge in [-0.05, 0) is 26.3 Å². The minimum Gasteiger partial charge on any atom is -0.394 e. The maximum absolute atomic E-state index is 14.0. The van der Waals surface area contributed by atoms with Crippen LogP contribution in [-0.4, -0.2) is 87.1 Å². The van der Waals surface area contributed by atoms with Gasteiger partial charge in [-0.1, -0.05) is 54.6 Å². The number of nitrogens with zero attached hydrogens (tertiary/aromatic N) is 3. The number of benzene rings is 1. The van der Waals surface area contributed by atoms with Gasteiger partial charge in [0.1, 0.15) is 11.6 Å². The largest absolute Gasteiger partial charge is 0.394 e. The third kappa shape index (κ3) is 3.62. The second-order valence-corrected chi connectivity index (χ2v) is 10.2. The van der Waals surface area contributed by atoms with Crippen LogP contribution in [0.1, 0.15) is 26.3 Å². The molecular formula is C27H33N3O5. The Balaban J connectivity index is 1.57. The minimum atomic E-state index is -1.26. The minimum absolute atomic E-state index is 0.0718. The highest BCUT2D eigenvalue weighted by atomic mass is 16.5. The number of rotatable bonds is 5. The second kappa shape index (κ2) is 8.91. The number of ether oxygens (including phenoxy) is 1. The van der Waals surface area contributed by atoms with Crippen molar-refractivity contribution in [3.8, 4) is 0 Å². The summed E-state index contributed by atoms with van der Waals surface area (Å²) in [6.07, 6.45) is 6.90. The summed E-state index contributed by atoms with van der Waals surface area (Å²) >= 11 is 0. The summed E-state index contributed by atoms with van der Waals surface area (Å²) in [6.45, 7) is 6.56. The van der Waals surface area contributed by atoms with Gasteiger partial charge in [0.15, 0.2) is 0 Å². The number of fused-ring (bicyclic) bond motifs is 2. The molecule has 2 fully saturated rings. The first-order valence-corrected chi connectivity index (χ1v) is 12.4. The van der Waals surface area contributed by atoms with Gasteiger partial charge >= 0.3 is 0 Å². The number of aliphatic hydroxyl groups excluding tert-OH is 1. The van der Waals surface area contributed by atoms with Crippen molar-refractivity contribution in [2.75, 3.05) is 19.7 Å². The molecule has 186 valence electrons. The molecule has 0 saturated carbocycles. The highest BCUT2D eigenvalue weighted by Gasteiger charge is 2.72. The maximum Gasteiger partial charge on any atom is 0.249 e. The fourth-order valence-corrected chi connectivity index (χ4v) is 6.12. The van der Waals surface area contributed by atoms with E-state index in [1.54, 1.807) is 16.7 Å². The quantitative estimate of drug-likeness (QED) is 0.644. The number of likely N-dealkylation sites (tertiary alicyclic amines) is 1. The topological polar surface area (TPSA) is 90.4 Å². The van der Waals surface area contributed by atoms with Gasteiger partial charge in [-0.3, -0.25) is 14.4 Å². The van der Waals surface area contributed by atoms with Crippen molar-refractivity contribution < 1.29 is 24.2 Å². The van der Waals surface area contributed by atoms with Crippen LogP contribution >= 0.6 is 0 Å². The van der Waals surface area contributed by atoms with Crippen molar-refractivity contribution in [1.29, 1.82) is 0 Å². The van der Waals surface area contributed by atoms with Gasteiger partial charge in [0.2, 0.25) is 17.7 Å². The lowest BCUT2D eigenvalue weighted by molar-refractivity contribution is -0.151. The number of hydrogen-bond donors (Lipinski definition) is 1. The lowest BCUT2D eigenvalue weighted by Crippen LogP contribution is -2.58. The summed E-state index contributed by atoms with van der Waals surface area (Å²) in [5.41, 5.74) is -0.253. The van der Waals surface area contributed by atoms with Crippen molar-refractivity contribution >= 4 is 17.7 Å². The third-order valence-electron chi connectivity index (χ3n) is 7.79. The molecule has 35 heavy (non-hydrogen) atoms. The molecular weight excluding hydrogens is 446 g/mol. The average Bonchev–Trinajstić information content (AvgIpc) is 3.17. The summed E-state index contributed by atoms with van der Waals surface area (Å²) in [5.74, 6) is -2.26. The lowest BCUT2D eigenvalue weighted by Gasteiger charge is -2.38. The Labute approximate surface area is 205 Å². The predicted molar refractivity (Wildman–Crippen MR) is 129 cm³/mol. The summed E-state index contributed by atoms with van der Waals surface area (Å²) in [6, 6.07) is 8.16. The van der Waals surface area contributed by atoms with Gasteiger partial charge in [-0.2, -0.15) is 0 Å². The Morgan fingerprint density at radius 2 is 1.77 bits per heavy atom. The molecule has 1 spiro atoms. The molecule has 0 bridgehead atoms. The molecule has 1 unspecified atom stereocenters. The zero-order valence-electron chi connectivity index (χ0n) is 20.4. The summed E-state index contributed by atoms with van der Waals surface area (Å²) < 4.78 is 6.59. The fourth-order valence-electron chi connectivity index (χ4n) is 6.12. The van der Waals surface area contributed by atoms with Crippen molar-refractivity contribution in [3.63, 3.8) is 0 Å². The zero-order valence-corrected chi connectivity index (χ0v) is 20.4. The molecule has 0 aliphatic carbocycles. The first kappa shape index (κ1) is 23.8. The number of amides is 3. The number of carbonyl (C=O) groups excluding carboxylic acids is 3. The molecule has 8 nitrogen and oxygen atoms in total. The molecule has 1 aromatic rings. The van der Waals surface area contributed by atoms with Crippen LogP contribution in [0.15, 0.2) is 54.6 Å². The van der Waals surface area contributed by atoms with Gasteiger partial charge in [0.05, 0.1) is 30.6 Å². The fraction of sp³-hybridized carbons (Fsp3) is 0.519. The molecule has 4 heterocycles.